The maximum absolute atomic E-state index is 11.1. The number of aromatic carboxylic acids is 1. The summed E-state index contributed by atoms with van der Waals surface area (Å²) in [5.74, 6) is -0.646. The minimum atomic E-state index is -0.923. The fourth-order valence-electron chi connectivity index (χ4n) is 1.86. The Balaban J connectivity index is 2.11. The van der Waals surface area contributed by atoms with Gasteiger partial charge in [-0.25, -0.2) is 4.79 Å². The predicted octanol–water partition coefficient (Wildman–Crippen LogP) is 3.08. The van der Waals surface area contributed by atoms with Crippen LogP contribution in [0.25, 0.3) is 6.08 Å². The number of carboxylic acids is 1. The molecule has 92 valence electrons. The van der Waals surface area contributed by atoms with E-state index in [9.17, 15) is 9.59 Å². The fourth-order valence-corrected chi connectivity index (χ4v) is 1.86. The molecule has 1 aromatic rings. The average molecular weight is 242 g/mol. The SMILES string of the molecule is O=C1CC=C(/C=C/c2cccc(C(=O)O)c2)CC1. The normalized spacial score (nSPS) is 15.8. The van der Waals surface area contributed by atoms with Crippen LogP contribution in [0.2, 0.25) is 0 Å². The van der Waals surface area contributed by atoms with E-state index in [-0.39, 0.29) is 11.3 Å². The number of ketones is 1. The minimum Gasteiger partial charge on any atom is -0.478 e. The number of Topliss-reactive ketones (excluding diaryl/α,β-unsaturated/α-hetero) is 1. The van der Waals surface area contributed by atoms with Gasteiger partial charge in [-0.1, -0.05) is 35.9 Å². The van der Waals surface area contributed by atoms with Gasteiger partial charge in [0.2, 0.25) is 0 Å². The number of carbonyl (C=O) groups is 2. The van der Waals surface area contributed by atoms with Crippen LogP contribution in [0.3, 0.4) is 0 Å². The van der Waals surface area contributed by atoms with E-state index in [4.69, 9.17) is 5.11 Å². The molecule has 0 heterocycles. The Morgan fingerprint density at radius 1 is 1.22 bits per heavy atom. The Morgan fingerprint density at radius 2 is 2.06 bits per heavy atom. The van der Waals surface area contributed by atoms with Crippen molar-refractivity contribution in [3.8, 4) is 0 Å². The Morgan fingerprint density at radius 3 is 2.72 bits per heavy atom. The molecular formula is C15H14O3. The molecular weight excluding hydrogens is 228 g/mol. The third-order valence-corrected chi connectivity index (χ3v) is 2.91. The highest BCUT2D eigenvalue weighted by atomic mass is 16.4. The van der Waals surface area contributed by atoms with E-state index in [0.717, 1.165) is 17.6 Å². The van der Waals surface area contributed by atoms with E-state index in [2.05, 4.69) is 0 Å². The molecule has 0 saturated carbocycles. The standard InChI is InChI=1S/C15H14O3/c16-14-8-6-11(7-9-14)4-5-12-2-1-3-13(10-12)15(17)18/h1-6,10H,7-9H2,(H,17,18)/b5-4+. The van der Waals surface area contributed by atoms with E-state index >= 15 is 0 Å². The van der Waals surface area contributed by atoms with E-state index in [0.29, 0.717) is 12.8 Å². The van der Waals surface area contributed by atoms with E-state index in [1.807, 2.05) is 24.3 Å². The summed E-state index contributed by atoms with van der Waals surface area (Å²) in [7, 11) is 0. The number of allylic oxidation sites excluding steroid dienone is 3. The van der Waals surface area contributed by atoms with Gasteiger partial charge in [0.1, 0.15) is 5.78 Å². The molecule has 0 spiro atoms. The molecule has 0 fully saturated rings. The molecule has 1 aromatic carbocycles. The first-order chi connectivity index (χ1) is 8.65. The Hall–Kier alpha value is -2.16. The van der Waals surface area contributed by atoms with Crippen LogP contribution in [-0.4, -0.2) is 16.9 Å². The zero-order chi connectivity index (χ0) is 13.0. The first-order valence-electron chi connectivity index (χ1n) is 5.87. The van der Waals surface area contributed by atoms with Gasteiger partial charge in [0.15, 0.2) is 0 Å². The van der Waals surface area contributed by atoms with Gasteiger partial charge in [0.05, 0.1) is 5.56 Å². The molecule has 3 nitrogen and oxygen atoms in total. The second-order valence-electron chi connectivity index (χ2n) is 4.29. The van der Waals surface area contributed by atoms with Gasteiger partial charge in [-0.2, -0.15) is 0 Å². The van der Waals surface area contributed by atoms with Gasteiger partial charge in [0.25, 0.3) is 0 Å². The number of carbonyl (C=O) groups excluding carboxylic acids is 1. The van der Waals surface area contributed by atoms with Crippen molar-refractivity contribution in [2.45, 2.75) is 19.3 Å². The molecule has 18 heavy (non-hydrogen) atoms. The lowest BCUT2D eigenvalue weighted by Gasteiger charge is -2.07. The molecule has 1 aliphatic rings. The van der Waals surface area contributed by atoms with Gasteiger partial charge >= 0.3 is 5.97 Å². The van der Waals surface area contributed by atoms with Gasteiger partial charge in [-0.05, 0) is 24.1 Å². The van der Waals surface area contributed by atoms with E-state index < -0.39 is 5.97 Å². The smallest absolute Gasteiger partial charge is 0.335 e. The number of benzene rings is 1. The number of carboxylic acid groups (broad SMARTS) is 1. The first kappa shape index (κ1) is 12.3. The van der Waals surface area contributed by atoms with Crippen molar-refractivity contribution in [2.75, 3.05) is 0 Å². The maximum atomic E-state index is 11.1. The first-order valence-corrected chi connectivity index (χ1v) is 5.87. The van der Waals surface area contributed by atoms with Gasteiger partial charge in [-0.3, -0.25) is 4.79 Å². The maximum Gasteiger partial charge on any atom is 0.335 e. The molecule has 0 amide bonds. The van der Waals surface area contributed by atoms with Crippen LogP contribution in [0.1, 0.15) is 35.2 Å². The molecule has 0 unspecified atom stereocenters. The average Bonchev–Trinajstić information content (AvgIpc) is 2.38. The van der Waals surface area contributed by atoms with Crippen molar-refractivity contribution in [1.82, 2.24) is 0 Å². The van der Waals surface area contributed by atoms with Crippen molar-refractivity contribution in [2.24, 2.45) is 0 Å². The highest BCUT2D eigenvalue weighted by Crippen LogP contribution is 2.17. The van der Waals surface area contributed by atoms with Crippen molar-refractivity contribution in [3.05, 3.63) is 53.1 Å². The lowest BCUT2D eigenvalue weighted by Crippen LogP contribution is -2.01. The van der Waals surface area contributed by atoms with Crippen LogP contribution >= 0.6 is 0 Å². The van der Waals surface area contributed by atoms with Crippen LogP contribution in [0.4, 0.5) is 0 Å². The Bertz CT molecular complexity index is 538. The quantitative estimate of drug-likeness (QED) is 0.886. The summed E-state index contributed by atoms with van der Waals surface area (Å²) in [4.78, 5) is 21.9. The van der Waals surface area contributed by atoms with Crippen molar-refractivity contribution < 1.29 is 14.7 Å². The van der Waals surface area contributed by atoms with Gasteiger partial charge in [-0.15, -0.1) is 0 Å². The number of hydrogen-bond donors (Lipinski definition) is 1. The highest BCUT2D eigenvalue weighted by Gasteiger charge is 2.07. The molecule has 1 aliphatic carbocycles. The van der Waals surface area contributed by atoms with E-state index in [1.165, 1.54) is 0 Å². The van der Waals surface area contributed by atoms with Crippen molar-refractivity contribution in [1.29, 1.82) is 0 Å². The second-order valence-corrected chi connectivity index (χ2v) is 4.29. The van der Waals surface area contributed by atoms with Crippen LogP contribution < -0.4 is 0 Å². The molecule has 0 radical (unpaired) electrons. The summed E-state index contributed by atoms with van der Waals surface area (Å²) in [5, 5.41) is 8.88. The molecule has 1 N–H and O–H groups in total. The molecule has 0 aliphatic heterocycles. The molecule has 0 aromatic heterocycles. The molecule has 0 atom stereocenters. The van der Waals surface area contributed by atoms with Crippen LogP contribution in [-0.2, 0) is 4.79 Å². The number of hydrogen-bond acceptors (Lipinski definition) is 2. The summed E-state index contributed by atoms with van der Waals surface area (Å²) in [6.45, 7) is 0. The summed E-state index contributed by atoms with van der Waals surface area (Å²) in [5.41, 5.74) is 2.27. The summed E-state index contributed by atoms with van der Waals surface area (Å²) < 4.78 is 0. The lowest BCUT2D eigenvalue weighted by atomic mass is 9.97. The second kappa shape index (κ2) is 5.45. The minimum absolute atomic E-state index is 0.278. The molecule has 0 saturated heterocycles. The van der Waals surface area contributed by atoms with Crippen LogP contribution in [0, 0.1) is 0 Å². The zero-order valence-electron chi connectivity index (χ0n) is 9.93. The van der Waals surface area contributed by atoms with Crippen LogP contribution in [0.5, 0.6) is 0 Å². The summed E-state index contributed by atoms with van der Waals surface area (Å²) >= 11 is 0. The summed E-state index contributed by atoms with van der Waals surface area (Å²) in [6.07, 6.45) is 7.65. The zero-order valence-corrected chi connectivity index (χ0v) is 9.93. The topological polar surface area (TPSA) is 54.4 Å². The van der Waals surface area contributed by atoms with E-state index in [1.54, 1.807) is 18.2 Å². The van der Waals surface area contributed by atoms with Crippen molar-refractivity contribution >= 4 is 17.8 Å². The largest absolute Gasteiger partial charge is 0.478 e. The third kappa shape index (κ3) is 3.17. The Kier molecular flexibility index (Phi) is 3.72. The van der Waals surface area contributed by atoms with Gasteiger partial charge in [0, 0.05) is 12.8 Å². The highest BCUT2D eigenvalue weighted by molar-refractivity contribution is 5.88. The lowest BCUT2D eigenvalue weighted by molar-refractivity contribution is -0.118. The van der Waals surface area contributed by atoms with Gasteiger partial charge < -0.3 is 5.11 Å². The predicted molar refractivity (Wildman–Crippen MR) is 69.4 cm³/mol. The number of rotatable bonds is 3. The molecule has 3 heteroatoms. The molecule has 0 bridgehead atoms. The summed E-state index contributed by atoms with van der Waals surface area (Å²) in [6, 6.07) is 6.78. The monoisotopic (exact) mass is 242 g/mol. The molecule has 2 rings (SSSR count). The fraction of sp³-hybridized carbons (Fsp3) is 0.200. The Labute approximate surface area is 105 Å². The third-order valence-electron chi connectivity index (χ3n) is 2.91. The van der Waals surface area contributed by atoms with Crippen molar-refractivity contribution in [3.63, 3.8) is 0 Å². The van der Waals surface area contributed by atoms with Crippen LogP contribution in [0.15, 0.2) is 42.0 Å².